The van der Waals surface area contributed by atoms with Gasteiger partial charge in [0, 0.05) is 5.56 Å². The van der Waals surface area contributed by atoms with E-state index in [2.05, 4.69) is 15.5 Å². The molecule has 0 aliphatic rings. The Bertz CT molecular complexity index is 571. The molecule has 0 saturated heterocycles. The monoisotopic (exact) mass is 246 g/mol. The minimum Gasteiger partial charge on any atom is -0.480 e. The van der Waals surface area contributed by atoms with Crippen molar-refractivity contribution < 1.29 is 9.90 Å². The quantitative estimate of drug-likeness (QED) is 0.889. The zero-order valence-electron chi connectivity index (χ0n) is 10.5. The molecular weight excluding hydrogens is 232 g/mol. The van der Waals surface area contributed by atoms with Crippen LogP contribution in [0.1, 0.15) is 24.1 Å². The highest BCUT2D eigenvalue weighted by Gasteiger charge is 2.21. The molecule has 1 aromatic carbocycles. The minimum atomic E-state index is -0.963. The van der Waals surface area contributed by atoms with Crippen molar-refractivity contribution in [3.05, 3.63) is 29.3 Å². The second-order valence-electron chi connectivity index (χ2n) is 4.23. The van der Waals surface area contributed by atoms with Crippen LogP contribution in [0.25, 0.3) is 11.4 Å². The number of carboxylic acid groups (broad SMARTS) is 1. The van der Waals surface area contributed by atoms with E-state index in [-0.39, 0.29) is 0 Å². The molecule has 1 aromatic heterocycles. The van der Waals surface area contributed by atoms with Crippen molar-refractivity contribution in [1.82, 2.24) is 20.2 Å². The molecule has 1 heterocycles. The van der Waals surface area contributed by atoms with E-state index < -0.39 is 12.0 Å². The Morgan fingerprint density at radius 2 is 1.94 bits per heavy atom. The van der Waals surface area contributed by atoms with Crippen molar-refractivity contribution in [1.29, 1.82) is 0 Å². The van der Waals surface area contributed by atoms with Gasteiger partial charge in [-0.15, -0.1) is 5.10 Å². The van der Waals surface area contributed by atoms with Crippen LogP contribution in [0, 0.1) is 13.8 Å². The van der Waals surface area contributed by atoms with Crippen LogP contribution < -0.4 is 0 Å². The summed E-state index contributed by atoms with van der Waals surface area (Å²) in [5.74, 6) is -0.477. The van der Waals surface area contributed by atoms with Crippen molar-refractivity contribution >= 4 is 5.97 Å². The summed E-state index contributed by atoms with van der Waals surface area (Å²) < 4.78 is 1.33. The molecule has 6 heteroatoms. The van der Waals surface area contributed by atoms with Gasteiger partial charge in [-0.1, -0.05) is 18.2 Å². The molecule has 0 bridgehead atoms. The van der Waals surface area contributed by atoms with Crippen molar-refractivity contribution in [3.8, 4) is 11.4 Å². The van der Waals surface area contributed by atoms with Crippen LogP contribution in [0.4, 0.5) is 0 Å². The maximum atomic E-state index is 11.0. The molecule has 0 spiro atoms. The first kappa shape index (κ1) is 12.2. The number of carboxylic acids is 1. The maximum Gasteiger partial charge on any atom is 0.328 e. The van der Waals surface area contributed by atoms with Crippen molar-refractivity contribution in [2.75, 3.05) is 0 Å². The summed E-state index contributed by atoms with van der Waals surface area (Å²) in [6, 6.07) is 5.05. The molecule has 94 valence electrons. The lowest BCUT2D eigenvalue weighted by molar-refractivity contribution is -0.140. The largest absolute Gasteiger partial charge is 0.480 e. The molecule has 0 aliphatic carbocycles. The molecule has 1 unspecified atom stereocenters. The smallest absolute Gasteiger partial charge is 0.328 e. The lowest BCUT2D eigenvalue weighted by atomic mass is 10.0. The van der Waals surface area contributed by atoms with E-state index in [0.29, 0.717) is 5.82 Å². The van der Waals surface area contributed by atoms with Gasteiger partial charge >= 0.3 is 5.97 Å². The Labute approximate surface area is 104 Å². The molecular formula is C12H14N4O2. The lowest BCUT2D eigenvalue weighted by Gasteiger charge is -2.12. The Morgan fingerprint density at radius 3 is 2.50 bits per heavy atom. The number of rotatable bonds is 3. The van der Waals surface area contributed by atoms with Crippen LogP contribution in [0.5, 0.6) is 0 Å². The summed E-state index contributed by atoms with van der Waals surface area (Å²) in [5.41, 5.74) is 2.92. The number of aromatic nitrogens is 4. The molecule has 6 nitrogen and oxygen atoms in total. The number of nitrogens with zero attached hydrogens (tertiary/aromatic N) is 4. The molecule has 0 fully saturated rings. The fraction of sp³-hybridized carbons (Fsp3) is 0.333. The number of tetrazole rings is 1. The molecule has 18 heavy (non-hydrogen) atoms. The van der Waals surface area contributed by atoms with Gasteiger partial charge < -0.3 is 5.11 Å². The van der Waals surface area contributed by atoms with Gasteiger partial charge in [-0.05, 0) is 42.3 Å². The highest BCUT2D eigenvalue weighted by molar-refractivity contribution is 5.73. The summed E-state index contributed by atoms with van der Waals surface area (Å²) in [6.45, 7) is 5.45. The number of aliphatic carboxylic acids is 1. The van der Waals surface area contributed by atoms with Crippen LogP contribution in [0.2, 0.25) is 0 Å². The first-order chi connectivity index (χ1) is 8.52. The second-order valence-corrected chi connectivity index (χ2v) is 4.23. The summed E-state index contributed by atoms with van der Waals surface area (Å²) >= 11 is 0. The predicted octanol–water partition coefficient (Wildman–Crippen LogP) is 1.60. The first-order valence-electron chi connectivity index (χ1n) is 5.59. The molecule has 2 rings (SSSR count). The van der Waals surface area contributed by atoms with Gasteiger partial charge in [0.1, 0.15) is 0 Å². The summed E-state index contributed by atoms with van der Waals surface area (Å²) in [5, 5.41) is 20.4. The average molecular weight is 246 g/mol. The van der Waals surface area contributed by atoms with Crippen molar-refractivity contribution in [3.63, 3.8) is 0 Å². The Kier molecular flexibility index (Phi) is 3.10. The molecule has 0 saturated carbocycles. The SMILES string of the molecule is Cc1cccc(C)c1-c1nnnn1C(C)C(=O)O. The highest BCUT2D eigenvalue weighted by atomic mass is 16.4. The third-order valence-corrected chi connectivity index (χ3v) is 2.92. The zero-order chi connectivity index (χ0) is 13.3. The van der Waals surface area contributed by atoms with Gasteiger partial charge in [0.05, 0.1) is 0 Å². The maximum absolute atomic E-state index is 11.0. The average Bonchev–Trinajstić information content (AvgIpc) is 2.76. The third kappa shape index (κ3) is 1.97. The van der Waals surface area contributed by atoms with Gasteiger partial charge in [-0.3, -0.25) is 0 Å². The van der Waals surface area contributed by atoms with Crippen molar-refractivity contribution in [2.45, 2.75) is 26.8 Å². The summed E-state index contributed by atoms with van der Waals surface area (Å²) in [7, 11) is 0. The fourth-order valence-corrected chi connectivity index (χ4v) is 1.89. The van der Waals surface area contributed by atoms with Crippen LogP contribution in [-0.4, -0.2) is 31.3 Å². The van der Waals surface area contributed by atoms with Gasteiger partial charge in [0.15, 0.2) is 11.9 Å². The zero-order valence-corrected chi connectivity index (χ0v) is 10.5. The van der Waals surface area contributed by atoms with Crippen LogP contribution in [0.3, 0.4) is 0 Å². The van der Waals surface area contributed by atoms with Gasteiger partial charge in [-0.25, -0.2) is 9.48 Å². The van der Waals surface area contributed by atoms with Gasteiger partial charge in [0.2, 0.25) is 0 Å². The Hall–Kier alpha value is -2.24. The molecule has 1 atom stereocenters. The molecule has 2 aromatic rings. The van der Waals surface area contributed by atoms with E-state index in [1.54, 1.807) is 6.92 Å². The molecule has 1 N–H and O–H groups in total. The van der Waals surface area contributed by atoms with Gasteiger partial charge in [-0.2, -0.15) is 0 Å². The number of aryl methyl sites for hydroxylation is 2. The van der Waals surface area contributed by atoms with Crippen molar-refractivity contribution in [2.24, 2.45) is 0 Å². The Balaban J connectivity index is 2.59. The van der Waals surface area contributed by atoms with E-state index in [1.165, 1.54) is 4.68 Å². The van der Waals surface area contributed by atoms with Crippen LogP contribution >= 0.6 is 0 Å². The fourth-order valence-electron chi connectivity index (χ4n) is 1.89. The van der Waals surface area contributed by atoms with E-state index in [9.17, 15) is 4.79 Å². The number of carbonyl (C=O) groups is 1. The number of benzene rings is 1. The second kappa shape index (κ2) is 4.56. The third-order valence-electron chi connectivity index (χ3n) is 2.92. The Morgan fingerprint density at radius 1 is 1.33 bits per heavy atom. The topological polar surface area (TPSA) is 80.9 Å². The van der Waals surface area contributed by atoms with E-state index >= 15 is 0 Å². The summed E-state index contributed by atoms with van der Waals surface area (Å²) in [6.07, 6.45) is 0. The summed E-state index contributed by atoms with van der Waals surface area (Å²) in [4.78, 5) is 11.0. The molecule has 0 radical (unpaired) electrons. The molecule has 0 aliphatic heterocycles. The van der Waals surface area contributed by atoms with E-state index in [4.69, 9.17) is 5.11 Å². The lowest BCUT2D eigenvalue weighted by Crippen LogP contribution is -2.18. The first-order valence-corrected chi connectivity index (χ1v) is 5.59. The predicted molar refractivity (Wildman–Crippen MR) is 65.1 cm³/mol. The van der Waals surface area contributed by atoms with Crippen LogP contribution in [0.15, 0.2) is 18.2 Å². The normalized spacial score (nSPS) is 12.4. The highest BCUT2D eigenvalue weighted by Crippen LogP contribution is 2.26. The number of hydrogen-bond acceptors (Lipinski definition) is 4. The number of hydrogen-bond donors (Lipinski definition) is 1. The molecule has 0 amide bonds. The standard InChI is InChI=1S/C12H14N4O2/c1-7-5-4-6-8(2)10(7)11-13-14-15-16(11)9(3)12(17)18/h4-6,9H,1-3H3,(H,17,18). The van der Waals surface area contributed by atoms with Crippen LogP contribution in [-0.2, 0) is 4.79 Å². The van der Waals surface area contributed by atoms with E-state index in [1.807, 2.05) is 32.0 Å². The van der Waals surface area contributed by atoms with E-state index in [0.717, 1.165) is 16.7 Å². The van der Waals surface area contributed by atoms with Gasteiger partial charge in [0.25, 0.3) is 0 Å². The minimum absolute atomic E-state index is 0.487.